The molecule has 9 aliphatic rings. The van der Waals surface area contributed by atoms with Crippen LogP contribution in [-0.4, -0.2) is 0 Å². The Bertz CT molecular complexity index is 329. The van der Waals surface area contributed by atoms with Crippen LogP contribution >= 0.6 is 0 Å². The van der Waals surface area contributed by atoms with Gasteiger partial charge in [0.2, 0.25) is 0 Å². The summed E-state index contributed by atoms with van der Waals surface area (Å²) in [5.74, 6) is 15.6. The van der Waals surface area contributed by atoms with Crippen LogP contribution in [0, 0.1) is 71.0 Å². The molecule has 0 radical (unpaired) electrons. The Hall–Kier alpha value is 0. The van der Waals surface area contributed by atoms with Gasteiger partial charge in [-0.1, -0.05) is 0 Å². The topological polar surface area (TPSA) is 0 Å². The Kier molecular flexibility index (Phi) is 0.548. The molecule has 0 N–H and O–H groups in total. The van der Waals surface area contributed by atoms with E-state index in [0.29, 0.717) is 0 Å². The molecule has 12 bridgehead atoms. The van der Waals surface area contributed by atoms with Crippen molar-refractivity contribution in [2.45, 2.75) is 12.8 Å². The van der Waals surface area contributed by atoms with Crippen molar-refractivity contribution in [1.29, 1.82) is 0 Å². The summed E-state index contributed by atoms with van der Waals surface area (Å²) >= 11 is 0. The zero-order valence-electron chi connectivity index (χ0n) is 8.34. The molecule has 9 aliphatic carbocycles. The molecule has 0 aromatic rings. The van der Waals surface area contributed by atoms with Crippen LogP contribution in [0.1, 0.15) is 12.8 Å². The standard InChI is InChI=1S/C14H16/c1-3-7-8(3)12-5(1)11(7)13-6-2-4-9(13)10(4)14(6)12/h3-14H,1-2H2/t3?,4?,5?,6?,7-,8-,9-,10+,11+,12-,13-,14+/m1/s1. The molecular weight excluding hydrogens is 168 g/mol. The highest BCUT2D eigenvalue weighted by molar-refractivity contribution is 5.35. The van der Waals surface area contributed by atoms with E-state index in [9.17, 15) is 0 Å². The highest BCUT2D eigenvalue weighted by Gasteiger charge is 2.88. The van der Waals surface area contributed by atoms with Crippen LogP contribution < -0.4 is 0 Å². The second-order valence-electron chi connectivity index (χ2n) is 7.75. The molecule has 0 saturated heterocycles. The molecule has 0 nitrogen and oxygen atoms in total. The van der Waals surface area contributed by atoms with Crippen molar-refractivity contribution >= 4 is 0 Å². The lowest BCUT2D eigenvalue weighted by atomic mass is 9.66. The summed E-state index contributed by atoms with van der Waals surface area (Å²) in [6.07, 6.45) is 3.41. The lowest BCUT2D eigenvalue weighted by Gasteiger charge is -2.38. The molecular formula is C14H16. The molecule has 0 unspecified atom stereocenters. The fourth-order valence-corrected chi connectivity index (χ4v) is 8.73. The van der Waals surface area contributed by atoms with Gasteiger partial charge in [-0.25, -0.2) is 0 Å². The molecule has 0 amide bonds. The van der Waals surface area contributed by atoms with Gasteiger partial charge in [0.25, 0.3) is 0 Å². The van der Waals surface area contributed by atoms with Gasteiger partial charge in [0.05, 0.1) is 0 Å². The summed E-state index contributed by atoms with van der Waals surface area (Å²) in [7, 11) is 0. The van der Waals surface area contributed by atoms with Gasteiger partial charge >= 0.3 is 0 Å². The Morgan fingerprint density at radius 1 is 0.357 bits per heavy atom. The van der Waals surface area contributed by atoms with Crippen LogP contribution in [0.15, 0.2) is 0 Å². The van der Waals surface area contributed by atoms with Crippen molar-refractivity contribution in [3.63, 3.8) is 0 Å². The van der Waals surface area contributed by atoms with E-state index in [0.717, 1.165) is 0 Å². The molecule has 72 valence electrons. The fraction of sp³-hybridized carbons (Fsp3) is 1.00. The van der Waals surface area contributed by atoms with Gasteiger partial charge in [0.15, 0.2) is 0 Å². The summed E-state index contributed by atoms with van der Waals surface area (Å²) in [6.45, 7) is 0. The maximum absolute atomic E-state index is 1.70. The lowest BCUT2D eigenvalue weighted by molar-refractivity contribution is 0.0886. The number of rotatable bonds is 0. The molecule has 9 saturated carbocycles. The van der Waals surface area contributed by atoms with Crippen molar-refractivity contribution in [2.24, 2.45) is 71.0 Å². The van der Waals surface area contributed by atoms with E-state index in [2.05, 4.69) is 0 Å². The molecule has 0 aromatic heterocycles. The molecule has 0 spiro atoms. The quantitative estimate of drug-likeness (QED) is 0.541. The molecule has 14 heavy (non-hydrogen) atoms. The second-order valence-corrected chi connectivity index (χ2v) is 7.75. The van der Waals surface area contributed by atoms with Crippen molar-refractivity contribution < 1.29 is 0 Å². The van der Waals surface area contributed by atoms with Crippen molar-refractivity contribution in [1.82, 2.24) is 0 Å². The maximum atomic E-state index is 1.70. The van der Waals surface area contributed by atoms with Crippen LogP contribution in [0.5, 0.6) is 0 Å². The zero-order valence-corrected chi connectivity index (χ0v) is 8.34. The van der Waals surface area contributed by atoms with Gasteiger partial charge in [-0.15, -0.1) is 0 Å². The minimum absolute atomic E-state index is 1.28. The summed E-state index contributed by atoms with van der Waals surface area (Å²) < 4.78 is 0. The molecule has 9 rings (SSSR count). The van der Waals surface area contributed by atoms with E-state index < -0.39 is 0 Å². The average molecular weight is 184 g/mol. The van der Waals surface area contributed by atoms with Crippen molar-refractivity contribution in [3.8, 4) is 0 Å². The largest absolute Gasteiger partial charge is 0.0464 e. The molecule has 0 heteroatoms. The Labute approximate surface area is 84.4 Å². The normalized spacial score (nSPS) is 96.0. The lowest BCUT2D eigenvalue weighted by Crippen LogP contribution is -2.34. The third kappa shape index (κ3) is 0.314. The van der Waals surface area contributed by atoms with Crippen LogP contribution in [0.2, 0.25) is 0 Å². The van der Waals surface area contributed by atoms with Crippen LogP contribution in [-0.2, 0) is 0 Å². The van der Waals surface area contributed by atoms with E-state index >= 15 is 0 Å². The van der Waals surface area contributed by atoms with Gasteiger partial charge in [-0.2, -0.15) is 0 Å². The Balaban J connectivity index is 1.61. The van der Waals surface area contributed by atoms with Crippen LogP contribution in [0.25, 0.3) is 0 Å². The molecule has 0 atom stereocenters. The average Bonchev–Trinajstić information content (AvgIpc) is 2.71. The van der Waals surface area contributed by atoms with E-state index in [1.54, 1.807) is 12.8 Å². The van der Waals surface area contributed by atoms with E-state index in [-0.39, 0.29) is 0 Å². The van der Waals surface area contributed by atoms with Crippen molar-refractivity contribution in [2.75, 3.05) is 0 Å². The first kappa shape index (κ1) is 5.92. The summed E-state index contributed by atoms with van der Waals surface area (Å²) in [4.78, 5) is 0. The molecule has 0 aliphatic heterocycles. The van der Waals surface area contributed by atoms with E-state index in [4.69, 9.17) is 0 Å². The highest BCUT2D eigenvalue weighted by Crippen LogP contribution is 2.92. The van der Waals surface area contributed by atoms with Gasteiger partial charge < -0.3 is 0 Å². The van der Waals surface area contributed by atoms with E-state index in [1.165, 1.54) is 71.0 Å². The van der Waals surface area contributed by atoms with E-state index in [1.807, 2.05) is 0 Å². The first-order valence-electron chi connectivity index (χ1n) is 6.97. The highest BCUT2D eigenvalue weighted by atomic mass is 14.9. The third-order valence-electron chi connectivity index (χ3n) is 8.32. The van der Waals surface area contributed by atoms with Crippen molar-refractivity contribution in [3.05, 3.63) is 0 Å². The van der Waals surface area contributed by atoms with Crippen LogP contribution in [0.3, 0.4) is 0 Å². The van der Waals surface area contributed by atoms with Gasteiger partial charge in [0.1, 0.15) is 0 Å². The minimum Gasteiger partial charge on any atom is -0.0464 e. The second kappa shape index (κ2) is 1.30. The van der Waals surface area contributed by atoms with Gasteiger partial charge in [-0.3, -0.25) is 0 Å². The zero-order chi connectivity index (χ0) is 8.34. The Morgan fingerprint density at radius 3 is 0.714 bits per heavy atom. The van der Waals surface area contributed by atoms with Gasteiger partial charge in [-0.05, 0) is 83.9 Å². The molecule has 0 aromatic carbocycles. The first-order valence-corrected chi connectivity index (χ1v) is 6.97. The molecule has 9 fully saturated rings. The van der Waals surface area contributed by atoms with Gasteiger partial charge in [0, 0.05) is 0 Å². The monoisotopic (exact) mass is 184 g/mol. The number of hydrogen-bond donors (Lipinski definition) is 0. The summed E-state index contributed by atoms with van der Waals surface area (Å²) in [6, 6.07) is 0. The van der Waals surface area contributed by atoms with Crippen LogP contribution in [0.4, 0.5) is 0 Å². The minimum atomic E-state index is 1.28. The third-order valence-corrected chi connectivity index (χ3v) is 8.32. The molecule has 0 heterocycles. The smallest absolute Gasteiger partial charge is 0.0315 e. The first-order chi connectivity index (χ1) is 6.97. The summed E-state index contributed by atoms with van der Waals surface area (Å²) in [5.41, 5.74) is 0. The Morgan fingerprint density at radius 2 is 0.571 bits per heavy atom. The predicted molar refractivity (Wildman–Crippen MR) is 51.1 cm³/mol. The number of hydrogen-bond acceptors (Lipinski definition) is 0. The fourth-order valence-electron chi connectivity index (χ4n) is 8.73. The SMILES string of the molecule is C1C2[C@H]3[C@H]4C1[C@@H]([C@@H]23)[C@@H]1C2CC3[C@@H]([C@H]24)[C@@H]31. The predicted octanol–water partition coefficient (Wildman–Crippen LogP) is 2.26. The maximum Gasteiger partial charge on any atom is -0.0315 e. The summed E-state index contributed by atoms with van der Waals surface area (Å²) in [5, 5.41) is 0.